The third-order valence-corrected chi connectivity index (χ3v) is 4.31. The number of hydrogen-bond acceptors (Lipinski definition) is 3. The van der Waals surface area contributed by atoms with Crippen LogP contribution in [0.5, 0.6) is 0 Å². The van der Waals surface area contributed by atoms with Crippen molar-refractivity contribution in [2.24, 2.45) is 0 Å². The molecule has 1 aliphatic carbocycles. The van der Waals surface area contributed by atoms with Crippen LogP contribution >= 0.6 is 0 Å². The van der Waals surface area contributed by atoms with Crippen LogP contribution in [-0.2, 0) is 16.0 Å². The van der Waals surface area contributed by atoms with Gasteiger partial charge >= 0.3 is 6.09 Å². The molecule has 1 aromatic rings. The minimum absolute atomic E-state index is 0.128. The number of cyclic esters (lactones) is 1. The molecular weight excluding hydrogens is 278 g/mol. The molecule has 4 heteroatoms. The van der Waals surface area contributed by atoms with Crippen LogP contribution in [0.25, 0.3) is 0 Å². The Kier molecular flexibility index (Phi) is 4.56. The van der Waals surface area contributed by atoms with E-state index >= 15 is 0 Å². The fourth-order valence-corrected chi connectivity index (χ4v) is 3.15. The summed E-state index contributed by atoms with van der Waals surface area (Å²) in [5.74, 6) is -0.128. The highest BCUT2D eigenvalue weighted by Crippen LogP contribution is 2.24. The van der Waals surface area contributed by atoms with Gasteiger partial charge in [-0.3, -0.25) is 4.79 Å². The Morgan fingerprint density at radius 3 is 2.77 bits per heavy atom. The number of hydrogen-bond donors (Lipinski definition) is 0. The van der Waals surface area contributed by atoms with Gasteiger partial charge in [-0.2, -0.15) is 0 Å². The molecule has 0 aromatic heterocycles. The summed E-state index contributed by atoms with van der Waals surface area (Å²) < 4.78 is 5.11. The molecule has 1 saturated heterocycles. The molecule has 0 saturated carbocycles. The van der Waals surface area contributed by atoms with Crippen LogP contribution in [0, 0.1) is 0 Å². The zero-order valence-corrected chi connectivity index (χ0v) is 12.7. The summed E-state index contributed by atoms with van der Waals surface area (Å²) in [7, 11) is 0. The molecule has 0 bridgehead atoms. The first-order chi connectivity index (χ1) is 10.7. The zero-order chi connectivity index (χ0) is 15.4. The van der Waals surface area contributed by atoms with E-state index in [1.165, 1.54) is 11.3 Å². The van der Waals surface area contributed by atoms with Crippen LogP contribution in [0.4, 0.5) is 4.79 Å². The summed E-state index contributed by atoms with van der Waals surface area (Å²) in [6.45, 7) is 0.290. The Hall–Kier alpha value is -2.10. The topological polar surface area (TPSA) is 46.6 Å². The smallest absolute Gasteiger partial charge is 0.416 e. The van der Waals surface area contributed by atoms with E-state index in [1.807, 2.05) is 30.3 Å². The first kappa shape index (κ1) is 14.8. The highest BCUT2D eigenvalue weighted by atomic mass is 16.6. The highest BCUT2D eigenvalue weighted by Gasteiger charge is 2.37. The predicted molar refractivity (Wildman–Crippen MR) is 83.3 cm³/mol. The maximum Gasteiger partial charge on any atom is 0.416 e. The normalized spacial score (nSPS) is 21.5. The van der Waals surface area contributed by atoms with E-state index < -0.39 is 6.09 Å². The molecule has 1 aromatic carbocycles. The van der Waals surface area contributed by atoms with Crippen LogP contribution in [-0.4, -0.2) is 29.5 Å². The van der Waals surface area contributed by atoms with Crippen molar-refractivity contribution in [1.29, 1.82) is 0 Å². The van der Waals surface area contributed by atoms with E-state index in [9.17, 15) is 9.59 Å². The van der Waals surface area contributed by atoms with Crippen LogP contribution in [0.3, 0.4) is 0 Å². The highest BCUT2D eigenvalue weighted by molar-refractivity contribution is 5.94. The summed E-state index contributed by atoms with van der Waals surface area (Å²) in [6.07, 6.45) is 6.99. The molecule has 1 atom stereocenters. The van der Waals surface area contributed by atoms with Gasteiger partial charge in [-0.1, -0.05) is 42.0 Å². The van der Waals surface area contributed by atoms with Gasteiger partial charge in [-0.15, -0.1) is 0 Å². The van der Waals surface area contributed by atoms with Crippen LogP contribution in [0.2, 0.25) is 0 Å². The van der Waals surface area contributed by atoms with Crippen LogP contribution in [0.1, 0.15) is 37.7 Å². The van der Waals surface area contributed by atoms with Gasteiger partial charge in [-0.25, -0.2) is 9.69 Å². The molecule has 4 nitrogen and oxygen atoms in total. The molecule has 1 heterocycles. The van der Waals surface area contributed by atoms with Gasteiger partial charge in [0.15, 0.2) is 0 Å². The van der Waals surface area contributed by atoms with Crippen molar-refractivity contribution in [3.05, 3.63) is 47.5 Å². The average Bonchev–Trinajstić information content (AvgIpc) is 2.90. The number of rotatable bonds is 4. The SMILES string of the molecule is O=C(CC1=CCCCC1)N1C(=O)OCC1Cc1ccccc1. The lowest BCUT2D eigenvalue weighted by Crippen LogP contribution is -2.40. The third-order valence-electron chi connectivity index (χ3n) is 4.31. The molecule has 1 aliphatic heterocycles. The van der Waals surface area contributed by atoms with E-state index in [-0.39, 0.29) is 11.9 Å². The van der Waals surface area contributed by atoms with Crippen LogP contribution in [0.15, 0.2) is 42.0 Å². The quantitative estimate of drug-likeness (QED) is 0.800. The van der Waals surface area contributed by atoms with Gasteiger partial charge < -0.3 is 4.74 Å². The molecule has 3 rings (SSSR count). The molecule has 0 radical (unpaired) electrons. The van der Waals surface area contributed by atoms with Gasteiger partial charge in [0.1, 0.15) is 6.61 Å². The van der Waals surface area contributed by atoms with E-state index in [0.717, 1.165) is 30.4 Å². The van der Waals surface area contributed by atoms with Crippen molar-refractivity contribution in [1.82, 2.24) is 4.90 Å². The van der Waals surface area contributed by atoms with Crippen molar-refractivity contribution in [3.63, 3.8) is 0 Å². The monoisotopic (exact) mass is 299 g/mol. The second kappa shape index (κ2) is 6.77. The molecule has 1 unspecified atom stereocenters. The first-order valence-electron chi connectivity index (χ1n) is 7.94. The van der Waals surface area contributed by atoms with Gasteiger partial charge in [0.2, 0.25) is 5.91 Å². The van der Waals surface area contributed by atoms with Crippen molar-refractivity contribution in [2.75, 3.05) is 6.61 Å². The van der Waals surface area contributed by atoms with Gasteiger partial charge in [0, 0.05) is 6.42 Å². The lowest BCUT2D eigenvalue weighted by molar-refractivity contribution is -0.128. The summed E-state index contributed by atoms with van der Waals surface area (Å²) >= 11 is 0. The van der Waals surface area contributed by atoms with Crippen molar-refractivity contribution >= 4 is 12.0 Å². The van der Waals surface area contributed by atoms with Gasteiger partial charge in [0.05, 0.1) is 6.04 Å². The Morgan fingerprint density at radius 2 is 2.05 bits per heavy atom. The Bertz CT molecular complexity index is 579. The first-order valence-corrected chi connectivity index (χ1v) is 7.94. The zero-order valence-electron chi connectivity index (χ0n) is 12.7. The molecule has 22 heavy (non-hydrogen) atoms. The maximum atomic E-state index is 12.5. The fraction of sp³-hybridized carbons (Fsp3) is 0.444. The molecule has 2 aliphatic rings. The van der Waals surface area contributed by atoms with Crippen molar-refractivity contribution in [2.45, 2.75) is 44.6 Å². The number of ether oxygens (including phenoxy) is 1. The number of carbonyl (C=O) groups is 2. The van der Waals surface area contributed by atoms with Gasteiger partial charge in [0.25, 0.3) is 0 Å². The number of imide groups is 1. The standard InChI is InChI=1S/C18H21NO3/c20-17(12-15-9-5-2-6-10-15)19-16(13-22-18(19)21)11-14-7-3-1-4-8-14/h1,3-4,7-9,16H,2,5-6,10-13H2. The van der Waals surface area contributed by atoms with E-state index in [4.69, 9.17) is 4.74 Å². The average molecular weight is 299 g/mol. The number of amides is 2. The maximum absolute atomic E-state index is 12.5. The van der Waals surface area contributed by atoms with Crippen LogP contribution < -0.4 is 0 Å². The van der Waals surface area contributed by atoms with E-state index in [1.54, 1.807) is 0 Å². The Balaban J connectivity index is 1.67. The number of benzene rings is 1. The molecule has 0 N–H and O–H groups in total. The minimum atomic E-state index is -0.498. The minimum Gasteiger partial charge on any atom is -0.447 e. The Labute approximate surface area is 130 Å². The van der Waals surface area contributed by atoms with Crippen molar-refractivity contribution in [3.8, 4) is 0 Å². The number of allylic oxidation sites excluding steroid dienone is 1. The lowest BCUT2D eigenvalue weighted by Gasteiger charge is -2.21. The summed E-state index contributed by atoms with van der Waals surface area (Å²) in [6, 6.07) is 9.71. The van der Waals surface area contributed by atoms with Crippen molar-refractivity contribution < 1.29 is 14.3 Å². The summed E-state index contributed by atoms with van der Waals surface area (Å²) in [5, 5.41) is 0. The third kappa shape index (κ3) is 3.38. The molecule has 116 valence electrons. The largest absolute Gasteiger partial charge is 0.447 e. The molecule has 0 spiro atoms. The lowest BCUT2D eigenvalue weighted by atomic mass is 9.96. The summed E-state index contributed by atoms with van der Waals surface area (Å²) in [5.41, 5.74) is 2.27. The van der Waals surface area contributed by atoms with Gasteiger partial charge in [-0.05, 0) is 37.7 Å². The fourth-order valence-electron chi connectivity index (χ4n) is 3.15. The second-order valence-electron chi connectivity index (χ2n) is 5.97. The predicted octanol–water partition coefficient (Wildman–Crippen LogP) is 3.47. The van der Waals surface area contributed by atoms with E-state index in [0.29, 0.717) is 19.4 Å². The summed E-state index contributed by atoms with van der Waals surface area (Å²) in [4.78, 5) is 25.8. The molecule has 1 fully saturated rings. The number of carbonyl (C=O) groups excluding carboxylic acids is 2. The second-order valence-corrected chi connectivity index (χ2v) is 5.97. The Morgan fingerprint density at radius 1 is 1.23 bits per heavy atom. The van der Waals surface area contributed by atoms with E-state index in [2.05, 4.69) is 6.08 Å². The number of nitrogens with zero attached hydrogens (tertiary/aromatic N) is 1. The molecule has 2 amide bonds. The molecular formula is C18H21NO3.